The molecule has 1 aromatic carbocycles. The lowest BCUT2D eigenvalue weighted by Gasteiger charge is -2.29. The molecule has 162 valence electrons. The molecule has 2 heterocycles. The Balaban J connectivity index is 1.64. The fourth-order valence-electron chi connectivity index (χ4n) is 3.87. The molecular formula is C22H26N6O2S. The van der Waals surface area contributed by atoms with Crippen molar-refractivity contribution in [3.05, 3.63) is 64.7 Å². The van der Waals surface area contributed by atoms with Crippen molar-refractivity contribution < 1.29 is 9.53 Å². The lowest BCUT2D eigenvalue weighted by Crippen LogP contribution is -2.36. The molecule has 8 nitrogen and oxygen atoms in total. The van der Waals surface area contributed by atoms with Gasteiger partial charge in [0.25, 0.3) is 0 Å². The lowest BCUT2D eigenvalue weighted by molar-refractivity contribution is -0.146. The van der Waals surface area contributed by atoms with Gasteiger partial charge in [0.15, 0.2) is 5.84 Å². The van der Waals surface area contributed by atoms with E-state index in [0.717, 1.165) is 22.8 Å². The third-order valence-electron chi connectivity index (χ3n) is 5.31. The molecule has 0 aromatic heterocycles. The third-order valence-corrected chi connectivity index (χ3v) is 6.46. The van der Waals surface area contributed by atoms with Crippen molar-refractivity contribution in [3.8, 4) is 0 Å². The number of esters is 1. The summed E-state index contributed by atoms with van der Waals surface area (Å²) in [6.45, 7) is 2.20. The Labute approximate surface area is 185 Å². The van der Waals surface area contributed by atoms with E-state index in [0.29, 0.717) is 18.9 Å². The van der Waals surface area contributed by atoms with Gasteiger partial charge in [-0.1, -0.05) is 24.3 Å². The molecule has 0 radical (unpaired) electrons. The number of rotatable bonds is 5. The van der Waals surface area contributed by atoms with Crippen LogP contribution < -0.4 is 22.0 Å². The Morgan fingerprint density at radius 2 is 2.29 bits per heavy atom. The van der Waals surface area contributed by atoms with Gasteiger partial charge in [-0.3, -0.25) is 4.79 Å². The Morgan fingerprint density at radius 1 is 1.42 bits per heavy atom. The molecule has 31 heavy (non-hydrogen) atoms. The molecule has 1 aliphatic carbocycles. The van der Waals surface area contributed by atoms with Crippen molar-refractivity contribution in [1.82, 2.24) is 16.2 Å². The minimum absolute atomic E-state index is 0.138. The van der Waals surface area contributed by atoms with Gasteiger partial charge < -0.3 is 21.3 Å². The second-order valence-corrected chi connectivity index (χ2v) is 8.33. The topological polar surface area (TPSA) is 113 Å². The van der Waals surface area contributed by atoms with Gasteiger partial charge in [-0.15, -0.1) is 11.8 Å². The number of fused-ring (bicyclic) bond motifs is 3. The van der Waals surface area contributed by atoms with Gasteiger partial charge in [0.05, 0.1) is 24.1 Å². The monoisotopic (exact) mass is 438 g/mol. The van der Waals surface area contributed by atoms with E-state index in [9.17, 15) is 4.79 Å². The number of ether oxygens (including phenoxy) is 1. The van der Waals surface area contributed by atoms with Crippen LogP contribution in [0, 0.1) is 11.8 Å². The van der Waals surface area contributed by atoms with Gasteiger partial charge in [0.2, 0.25) is 0 Å². The summed E-state index contributed by atoms with van der Waals surface area (Å²) in [4.78, 5) is 17.1. The van der Waals surface area contributed by atoms with Gasteiger partial charge in [-0.25, -0.2) is 10.4 Å². The molecular weight excluding hydrogens is 412 g/mol. The maximum Gasteiger partial charge on any atom is 0.313 e. The second-order valence-electron chi connectivity index (χ2n) is 7.28. The van der Waals surface area contributed by atoms with Gasteiger partial charge in [0.1, 0.15) is 5.84 Å². The van der Waals surface area contributed by atoms with Crippen LogP contribution in [-0.4, -0.2) is 31.3 Å². The Hall–Kier alpha value is -3.04. The van der Waals surface area contributed by atoms with Gasteiger partial charge in [-0.05, 0) is 42.5 Å². The summed E-state index contributed by atoms with van der Waals surface area (Å²) in [5.74, 6) is 6.57. The predicted octanol–water partition coefficient (Wildman–Crippen LogP) is 2.61. The first kappa shape index (κ1) is 21.2. The summed E-state index contributed by atoms with van der Waals surface area (Å²) in [5.41, 5.74) is 9.52. The average molecular weight is 439 g/mol. The number of hydrazone groups is 1. The fraction of sp³-hybridized carbons (Fsp3) is 0.318. The first-order valence-electron chi connectivity index (χ1n) is 10.2. The van der Waals surface area contributed by atoms with Crippen molar-refractivity contribution >= 4 is 35.1 Å². The van der Waals surface area contributed by atoms with Crippen LogP contribution in [0.15, 0.2) is 63.7 Å². The summed E-state index contributed by atoms with van der Waals surface area (Å²) in [5, 5.41) is 9.64. The van der Waals surface area contributed by atoms with E-state index in [-0.39, 0.29) is 23.1 Å². The first-order chi connectivity index (χ1) is 15.1. The van der Waals surface area contributed by atoms with E-state index >= 15 is 0 Å². The van der Waals surface area contributed by atoms with Crippen LogP contribution in [0.4, 0.5) is 5.69 Å². The minimum atomic E-state index is -0.282. The highest BCUT2D eigenvalue weighted by Gasteiger charge is 2.35. The number of carbonyl (C=O) groups excluding carboxylic acids is 1. The minimum Gasteiger partial charge on any atom is -0.466 e. The van der Waals surface area contributed by atoms with E-state index in [1.807, 2.05) is 37.3 Å². The number of nitrogens with one attached hydrogen (secondary N) is 3. The number of hydrogen-bond acceptors (Lipinski definition) is 8. The predicted molar refractivity (Wildman–Crippen MR) is 125 cm³/mol. The Bertz CT molecular complexity index is 1010. The normalized spacial score (nSPS) is 24.1. The fourth-order valence-corrected chi connectivity index (χ4v) is 5.03. The third kappa shape index (κ3) is 4.38. The molecule has 2 aliphatic heterocycles. The van der Waals surface area contributed by atoms with E-state index in [1.54, 1.807) is 18.8 Å². The van der Waals surface area contributed by atoms with Crippen molar-refractivity contribution in [2.75, 3.05) is 13.7 Å². The number of hydrogen-bond donors (Lipinski definition) is 4. The zero-order valence-corrected chi connectivity index (χ0v) is 18.3. The summed E-state index contributed by atoms with van der Waals surface area (Å²) >= 11 is 1.78. The van der Waals surface area contributed by atoms with Crippen LogP contribution in [0.1, 0.15) is 29.7 Å². The average Bonchev–Trinajstić information content (AvgIpc) is 3.28. The molecule has 0 spiro atoms. The van der Waals surface area contributed by atoms with Gasteiger partial charge in [-0.2, -0.15) is 5.10 Å². The Kier molecular flexibility index (Phi) is 6.43. The number of benzene rings is 1. The summed E-state index contributed by atoms with van der Waals surface area (Å²) in [6, 6.07) is 6.06. The maximum atomic E-state index is 12.2. The van der Waals surface area contributed by atoms with Crippen LogP contribution >= 0.6 is 11.8 Å². The quantitative estimate of drug-likeness (QED) is 0.184. The largest absolute Gasteiger partial charge is 0.466 e. The summed E-state index contributed by atoms with van der Waals surface area (Å²) < 4.78 is 5.18. The smallest absolute Gasteiger partial charge is 0.313 e. The highest BCUT2D eigenvalue weighted by atomic mass is 32.2. The number of nitrogens with zero attached hydrogens (tertiary/aromatic N) is 2. The molecule has 4 rings (SSSR count). The van der Waals surface area contributed by atoms with Crippen molar-refractivity contribution in [3.63, 3.8) is 0 Å². The number of thioether (sulfide) groups is 1. The molecule has 0 amide bonds. The molecule has 3 atom stereocenters. The van der Waals surface area contributed by atoms with E-state index in [2.05, 4.69) is 38.8 Å². The van der Waals surface area contributed by atoms with Crippen LogP contribution in [0.5, 0.6) is 0 Å². The van der Waals surface area contributed by atoms with Crippen LogP contribution in [0.2, 0.25) is 0 Å². The molecule has 1 aromatic rings. The number of hydrazine groups is 1. The SMILES string of the molecule is CCOC(=O)C1C=C(NC2=Nc3cc(/C(=N/N)NNC)ccc3C3SC=CC23)C=CC1. The number of nitrogens with two attached hydrogens (primary N) is 1. The second kappa shape index (κ2) is 9.40. The molecule has 0 fully saturated rings. The van der Waals surface area contributed by atoms with Crippen LogP contribution in [0.25, 0.3) is 0 Å². The molecule has 0 bridgehead atoms. The molecule has 3 aliphatic rings. The lowest BCUT2D eigenvalue weighted by atomic mass is 9.91. The number of carbonyl (C=O) groups is 1. The van der Waals surface area contributed by atoms with Crippen molar-refractivity contribution in [2.45, 2.75) is 18.6 Å². The zero-order valence-electron chi connectivity index (χ0n) is 17.5. The number of aliphatic imine (C=N–C) groups is 1. The molecule has 3 unspecified atom stereocenters. The van der Waals surface area contributed by atoms with E-state index in [1.165, 1.54) is 5.56 Å². The summed E-state index contributed by atoms with van der Waals surface area (Å²) in [6.07, 6.45) is 8.71. The maximum absolute atomic E-state index is 12.2. The van der Waals surface area contributed by atoms with E-state index in [4.69, 9.17) is 15.6 Å². The van der Waals surface area contributed by atoms with Crippen molar-refractivity contribution in [1.29, 1.82) is 0 Å². The molecule has 0 saturated heterocycles. The number of allylic oxidation sites excluding steroid dienone is 2. The number of amidine groups is 2. The Morgan fingerprint density at radius 3 is 3.06 bits per heavy atom. The molecule has 9 heteroatoms. The summed E-state index contributed by atoms with van der Waals surface area (Å²) in [7, 11) is 1.75. The van der Waals surface area contributed by atoms with E-state index < -0.39 is 0 Å². The molecule has 0 saturated carbocycles. The standard InChI is InChI=1S/C22H26N6O2S/c1-3-30-22(29)14-5-4-6-15(11-14)25-21-17-9-10-31-19(17)16-8-7-13(12-18(16)26-21)20(27-23)28-24-2/h4,6-12,14,17,19,24H,3,5,23H2,1-2H3,(H,25,26)(H,27,28). The van der Waals surface area contributed by atoms with Gasteiger partial charge in [0, 0.05) is 23.6 Å². The zero-order chi connectivity index (χ0) is 21.8. The van der Waals surface area contributed by atoms with Crippen LogP contribution in [-0.2, 0) is 9.53 Å². The molecule has 5 N–H and O–H groups in total. The van der Waals surface area contributed by atoms with Crippen molar-refractivity contribution in [2.24, 2.45) is 27.8 Å². The highest BCUT2D eigenvalue weighted by molar-refractivity contribution is 8.02. The highest BCUT2D eigenvalue weighted by Crippen LogP contribution is 2.49. The van der Waals surface area contributed by atoms with Crippen LogP contribution in [0.3, 0.4) is 0 Å². The first-order valence-corrected chi connectivity index (χ1v) is 11.2. The van der Waals surface area contributed by atoms with Gasteiger partial charge >= 0.3 is 5.97 Å².